The molecular formula is C18H12FN3OS. The van der Waals surface area contributed by atoms with E-state index in [1.807, 2.05) is 35.7 Å². The average Bonchev–Trinajstić information content (AvgIpc) is 3.27. The monoisotopic (exact) mass is 337 g/mol. The Balaban J connectivity index is 1.52. The maximum Gasteiger partial charge on any atom is 0.247 e. The second-order valence-electron chi connectivity index (χ2n) is 5.19. The van der Waals surface area contributed by atoms with Gasteiger partial charge in [-0.1, -0.05) is 30.3 Å². The molecule has 0 saturated carbocycles. The first kappa shape index (κ1) is 14.7. The normalized spacial score (nSPS) is 10.9. The highest BCUT2D eigenvalue weighted by atomic mass is 32.1. The smallest absolute Gasteiger partial charge is 0.247 e. The molecule has 0 saturated heterocycles. The average molecular weight is 337 g/mol. The van der Waals surface area contributed by atoms with E-state index in [1.165, 1.54) is 12.1 Å². The molecule has 0 bridgehead atoms. The quantitative estimate of drug-likeness (QED) is 0.546. The van der Waals surface area contributed by atoms with Crippen molar-refractivity contribution in [3.8, 4) is 22.0 Å². The molecule has 4 aromatic rings. The van der Waals surface area contributed by atoms with Crippen LogP contribution in [0.15, 0.2) is 64.4 Å². The molecule has 118 valence electrons. The van der Waals surface area contributed by atoms with Crippen molar-refractivity contribution in [2.24, 2.45) is 0 Å². The lowest BCUT2D eigenvalue weighted by atomic mass is 10.2. The molecule has 6 heteroatoms. The van der Waals surface area contributed by atoms with Crippen LogP contribution < -0.4 is 0 Å². The van der Waals surface area contributed by atoms with Crippen LogP contribution in [-0.4, -0.2) is 15.2 Å². The van der Waals surface area contributed by atoms with Gasteiger partial charge in [0.2, 0.25) is 11.8 Å². The third-order valence-electron chi connectivity index (χ3n) is 3.46. The van der Waals surface area contributed by atoms with Crippen LogP contribution in [-0.2, 0) is 6.42 Å². The van der Waals surface area contributed by atoms with E-state index >= 15 is 0 Å². The van der Waals surface area contributed by atoms with E-state index in [0.717, 1.165) is 16.3 Å². The number of benzene rings is 2. The number of nitrogens with zero attached hydrogens (tertiary/aromatic N) is 3. The van der Waals surface area contributed by atoms with E-state index in [2.05, 4.69) is 15.2 Å². The highest BCUT2D eigenvalue weighted by molar-refractivity contribution is 7.13. The van der Waals surface area contributed by atoms with Crippen molar-refractivity contribution in [1.29, 1.82) is 0 Å². The molecule has 0 atom stereocenters. The van der Waals surface area contributed by atoms with Crippen molar-refractivity contribution in [2.75, 3.05) is 0 Å². The van der Waals surface area contributed by atoms with Gasteiger partial charge in [0.05, 0.1) is 12.1 Å². The predicted molar refractivity (Wildman–Crippen MR) is 90.0 cm³/mol. The second-order valence-corrected chi connectivity index (χ2v) is 6.05. The van der Waals surface area contributed by atoms with Crippen LogP contribution in [0.2, 0.25) is 0 Å². The fourth-order valence-electron chi connectivity index (χ4n) is 2.29. The van der Waals surface area contributed by atoms with Gasteiger partial charge in [-0.25, -0.2) is 9.37 Å². The summed E-state index contributed by atoms with van der Waals surface area (Å²) < 4.78 is 18.6. The van der Waals surface area contributed by atoms with Crippen LogP contribution in [0.5, 0.6) is 0 Å². The first-order valence-electron chi connectivity index (χ1n) is 7.36. The Labute approximate surface area is 141 Å². The summed E-state index contributed by atoms with van der Waals surface area (Å²) in [5.74, 6) is 0.567. The maximum atomic E-state index is 13.0. The second kappa shape index (κ2) is 6.33. The SMILES string of the molecule is Fc1ccc(-c2nnc(Cc3csc(-c4ccccc4)n3)o2)cc1. The molecule has 2 aromatic carbocycles. The van der Waals surface area contributed by atoms with E-state index in [1.54, 1.807) is 23.5 Å². The minimum Gasteiger partial charge on any atom is -0.420 e. The molecule has 0 unspecified atom stereocenters. The molecule has 4 rings (SSSR count). The Morgan fingerprint density at radius 3 is 2.50 bits per heavy atom. The van der Waals surface area contributed by atoms with Crippen molar-refractivity contribution in [3.63, 3.8) is 0 Å². The summed E-state index contributed by atoms with van der Waals surface area (Å²) in [6.45, 7) is 0. The van der Waals surface area contributed by atoms with E-state index in [-0.39, 0.29) is 5.82 Å². The Morgan fingerprint density at radius 1 is 0.917 bits per heavy atom. The highest BCUT2D eigenvalue weighted by Gasteiger charge is 2.12. The van der Waals surface area contributed by atoms with Gasteiger partial charge in [0, 0.05) is 16.5 Å². The molecule has 0 amide bonds. The lowest BCUT2D eigenvalue weighted by Gasteiger charge is -1.94. The van der Waals surface area contributed by atoms with Crippen molar-refractivity contribution in [3.05, 3.63) is 77.4 Å². The summed E-state index contributed by atoms with van der Waals surface area (Å²) in [5.41, 5.74) is 2.66. The Hall–Kier alpha value is -2.86. The molecule has 2 heterocycles. The van der Waals surface area contributed by atoms with Gasteiger partial charge in [-0.15, -0.1) is 21.5 Å². The van der Waals surface area contributed by atoms with Crippen LogP contribution in [0, 0.1) is 5.82 Å². The summed E-state index contributed by atoms with van der Waals surface area (Å²) in [6, 6.07) is 16.0. The van der Waals surface area contributed by atoms with E-state index in [4.69, 9.17) is 4.42 Å². The van der Waals surface area contributed by atoms with Gasteiger partial charge < -0.3 is 4.42 Å². The van der Waals surface area contributed by atoms with Gasteiger partial charge >= 0.3 is 0 Å². The Bertz CT molecular complexity index is 948. The van der Waals surface area contributed by atoms with E-state index < -0.39 is 0 Å². The Morgan fingerprint density at radius 2 is 1.71 bits per heavy atom. The van der Waals surface area contributed by atoms with Gasteiger partial charge in [0.15, 0.2) is 0 Å². The number of aromatic nitrogens is 3. The van der Waals surface area contributed by atoms with Crippen molar-refractivity contribution in [1.82, 2.24) is 15.2 Å². The molecule has 4 nitrogen and oxygen atoms in total. The van der Waals surface area contributed by atoms with Crippen molar-refractivity contribution >= 4 is 11.3 Å². The minimum absolute atomic E-state index is 0.297. The maximum absolute atomic E-state index is 13.0. The Kier molecular flexibility index (Phi) is 3.88. The summed E-state index contributed by atoms with van der Waals surface area (Å²) in [4.78, 5) is 4.61. The van der Waals surface area contributed by atoms with Gasteiger partial charge in [-0.3, -0.25) is 0 Å². The fourth-order valence-corrected chi connectivity index (χ4v) is 3.12. The zero-order chi connectivity index (χ0) is 16.4. The summed E-state index contributed by atoms with van der Waals surface area (Å²) in [6.07, 6.45) is 0.470. The number of rotatable bonds is 4. The molecule has 0 radical (unpaired) electrons. The largest absolute Gasteiger partial charge is 0.420 e. The first-order chi connectivity index (χ1) is 11.8. The van der Waals surface area contributed by atoms with Crippen LogP contribution in [0.3, 0.4) is 0 Å². The number of thiazole rings is 1. The number of hydrogen-bond donors (Lipinski definition) is 0. The molecule has 0 N–H and O–H groups in total. The molecule has 24 heavy (non-hydrogen) atoms. The minimum atomic E-state index is -0.297. The highest BCUT2D eigenvalue weighted by Crippen LogP contribution is 2.25. The molecule has 0 aliphatic carbocycles. The van der Waals surface area contributed by atoms with Gasteiger partial charge in [-0.05, 0) is 24.3 Å². The summed E-state index contributed by atoms with van der Waals surface area (Å²) in [7, 11) is 0. The predicted octanol–water partition coefficient (Wildman–Crippen LogP) is 4.59. The van der Waals surface area contributed by atoms with Crippen LogP contribution in [0.25, 0.3) is 22.0 Å². The summed E-state index contributed by atoms with van der Waals surface area (Å²) >= 11 is 1.58. The van der Waals surface area contributed by atoms with Gasteiger partial charge in [0.25, 0.3) is 0 Å². The number of halogens is 1. The van der Waals surface area contributed by atoms with Crippen LogP contribution in [0.4, 0.5) is 4.39 Å². The van der Waals surface area contributed by atoms with Gasteiger partial charge in [0.1, 0.15) is 10.8 Å². The topological polar surface area (TPSA) is 51.8 Å². The first-order valence-corrected chi connectivity index (χ1v) is 8.24. The van der Waals surface area contributed by atoms with Crippen LogP contribution >= 0.6 is 11.3 Å². The standard InChI is InChI=1S/C18H12FN3OS/c19-14-8-6-12(7-9-14)17-22-21-16(23-17)10-15-11-24-18(20-15)13-4-2-1-3-5-13/h1-9,11H,10H2. The van der Waals surface area contributed by atoms with Crippen molar-refractivity contribution < 1.29 is 8.81 Å². The molecular weight excluding hydrogens is 325 g/mol. The summed E-state index contributed by atoms with van der Waals surface area (Å²) in [5, 5.41) is 11.0. The van der Waals surface area contributed by atoms with Crippen LogP contribution in [0.1, 0.15) is 11.6 Å². The lowest BCUT2D eigenvalue weighted by molar-refractivity contribution is 0.516. The third kappa shape index (κ3) is 3.09. The third-order valence-corrected chi connectivity index (χ3v) is 4.40. The molecule has 2 aromatic heterocycles. The molecule has 0 aliphatic rings. The number of hydrogen-bond acceptors (Lipinski definition) is 5. The van der Waals surface area contributed by atoms with Crippen molar-refractivity contribution in [2.45, 2.75) is 6.42 Å². The molecule has 0 aliphatic heterocycles. The fraction of sp³-hybridized carbons (Fsp3) is 0.0556. The zero-order valence-electron chi connectivity index (χ0n) is 12.5. The van der Waals surface area contributed by atoms with E-state index in [0.29, 0.717) is 23.8 Å². The zero-order valence-corrected chi connectivity index (χ0v) is 13.3. The lowest BCUT2D eigenvalue weighted by Crippen LogP contribution is -1.88. The molecule has 0 spiro atoms. The van der Waals surface area contributed by atoms with Gasteiger partial charge in [-0.2, -0.15) is 0 Å². The molecule has 0 fully saturated rings. The van der Waals surface area contributed by atoms with E-state index in [9.17, 15) is 4.39 Å².